The maximum Gasteiger partial charge on any atom is 0.253 e. The lowest BCUT2D eigenvalue weighted by Crippen LogP contribution is -2.33. The van der Waals surface area contributed by atoms with Crippen LogP contribution in [0.4, 0.5) is 0 Å². The lowest BCUT2D eigenvalue weighted by Gasteiger charge is -2.23. The average Bonchev–Trinajstić information content (AvgIpc) is 3.16. The number of hydrogen-bond acceptors (Lipinski definition) is 4. The van der Waals surface area contributed by atoms with Crippen LogP contribution in [0.25, 0.3) is 0 Å². The molecule has 1 aliphatic heterocycles. The summed E-state index contributed by atoms with van der Waals surface area (Å²) in [5.74, 6) is 0.144. The van der Waals surface area contributed by atoms with Gasteiger partial charge in [0.2, 0.25) is 10.0 Å². The first-order valence-corrected chi connectivity index (χ1v) is 10.4. The van der Waals surface area contributed by atoms with Crippen molar-refractivity contribution in [2.75, 3.05) is 33.3 Å². The maximum atomic E-state index is 12.9. The predicted octanol–water partition coefficient (Wildman–Crippen LogP) is 2.74. The van der Waals surface area contributed by atoms with Crippen molar-refractivity contribution in [3.8, 4) is 5.75 Å². The van der Waals surface area contributed by atoms with Gasteiger partial charge in [-0.3, -0.25) is 4.79 Å². The Labute approximate surface area is 150 Å². The van der Waals surface area contributed by atoms with Gasteiger partial charge in [-0.25, -0.2) is 8.42 Å². The fourth-order valence-electron chi connectivity index (χ4n) is 3.12. The van der Waals surface area contributed by atoms with Gasteiger partial charge in [-0.05, 0) is 43.9 Å². The monoisotopic (exact) mass is 368 g/mol. The van der Waals surface area contributed by atoms with Crippen LogP contribution < -0.4 is 4.74 Å². The molecule has 1 aromatic rings. The normalized spacial score (nSPS) is 15.3. The summed E-state index contributed by atoms with van der Waals surface area (Å²) in [6, 6.07) is 4.68. The molecule has 1 saturated heterocycles. The summed E-state index contributed by atoms with van der Waals surface area (Å²) in [6.07, 6.45) is 3.45. The summed E-state index contributed by atoms with van der Waals surface area (Å²) < 4.78 is 32.6. The van der Waals surface area contributed by atoms with Gasteiger partial charge in [0.05, 0.1) is 7.11 Å². The van der Waals surface area contributed by atoms with Gasteiger partial charge in [0.15, 0.2) is 0 Å². The van der Waals surface area contributed by atoms with Gasteiger partial charge in [-0.1, -0.05) is 13.8 Å². The standard InChI is InChI=1S/C18H28N2O4S/c1-4-10-19(11-5-2)18(21)15-8-9-16(24-3)17(14-15)25(22,23)20-12-6-7-13-20/h8-9,14H,4-7,10-13H2,1-3H3. The van der Waals surface area contributed by atoms with Crippen molar-refractivity contribution in [3.05, 3.63) is 23.8 Å². The number of carbonyl (C=O) groups excluding carboxylic acids is 1. The van der Waals surface area contributed by atoms with Crippen LogP contribution in [-0.2, 0) is 10.0 Å². The second-order valence-corrected chi connectivity index (χ2v) is 8.18. The Morgan fingerprint density at radius 1 is 1.16 bits per heavy atom. The first kappa shape index (κ1) is 19.7. The number of rotatable bonds is 8. The van der Waals surface area contributed by atoms with Crippen LogP contribution in [0.5, 0.6) is 5.75 Å². The molecule has 7 heteroatoms. The van der Waals surface area contributed by atoms with E-state index in [1.807, 2.05) is 13.8 Å². The lowest BCUT2D eigenvalue weighted by molar-refractivity contribution is 0.0755. The lowest BCUT2D eigenvalue weighted by atomic mass is 10.1. The minimum absolute atomic E-state index is 0.0793. The van der Waals surface area contributed by atoms with Crippen molar-refractivity contribution in [3.63, 3.8) is 0 Å². The number of ether oxygens (including phenoxy) is 1. The number of nitrogens with zero attached hydrogens (tertiary/aromatic N) is 2. The van der Waals surface area contributed by atoms with Crippen LogP contribution in [0.2, 0.25) is 0 Å². The number of sulfonamides is 1. The van der Waals surface area contributed by atoms with E-state index in [1.54, 1.807) is 17.0 Å². The molecule has 140 valence electrons. The van der Waals surface area contributed by atoms with Crippen LogP contribution in [0.15, 0.2) is 23.1 Å². The molecule has 0 spiro atoms. The highest BCUT2D eigenvalue weighted by atomic mass is 32.2. The van der Waals surface area contributed by atoms with E-state index in [0.717, 1.165) is 25.7 Å². The molecular weight excluding hydrogens is 340 g/mol. The predicted molar refractivity (Wildman–Crippen MR) is 97.5 cm³/mol. The van der Waals surface area contributed by atoms with Gasteiger partial charge in [0, 0.05) is 31.7 Å². The molecule has 0 bridgehead atoms. The molecule has 0 saturated carbocycles. The largest absolute Gasteiger partial charge is 0.495 e. The number of benzene rings is 1. The molecular formula is C18H28N2O4S. The third kappa shape index (κ3) is 4.33. The van der Waals surface area contributed by atoms with Crippen molar-refractivity contribution in [1.82, 2.24) is 9.21 Å². The molecule has 1 aromatic carbocycles. The fraction of sp³-hybridized carbons (Fsp3) is 0.611. The smallest absolute Gasteiger partial charge is 0.253 e. The number of carbonyl (C=O) groups is 1. The summed E-state index contributed by atoms with van der Waals surface area (Å²) in [5.41, 5.74) is 0.389. The summed E-state index contributed by atoms with van der Waals surface area (Å²) in [7, 11) is -2.21. The molecule has 0 radical (unpaired) electrons. The first-order chi connectivity index (χ1) is 12.0. The second-order valence-electron chi connectivity index (χ2n) is 6.27. The van der Waals surface area contributed by atoms with Crippen LogP contribution in [0, 0.1) is 0 Å². The van der Waals surface area contributed by atoms with E-state index in [-0.39, 0.29) is 16.6 Å². The van der Waals surface area contributed by atoms with Crippen molar-refractivity contribution < 1.29 is 17.9 Å². The average molecular weight is 368 g/mol. The minimum atomic E-state index is -3.65. The summed E-state index contributed by atoms with van der Waals surface area (Å²) in [5, 5.41) is 0. The summed E-state index contributed by atoms with van der Waals surface area (Å²) in [6.45, 7) is 6.39. The second kappa shape index (κ2) is 8.67. The van der Waals surface area contributed by atoms with E-state index in [4.69, 9.17) is 4.74 Å². The number of hydrogen-bond donors (Lipinski definition) is 0. The summed E-state index contributed by atoms with van der Waals surface area (Å²) in [4.78, 5) is 14.7. The maximum absolute atomic E-state index is 12.9. The van der Waals surface area contributed by atoms with E-state index in [0.29, 0.717) is 31.7 Å². The Balaban J connectivity index is 2.40. The van der Waals surface area contributed by atoms with Crippen molar-refractivity contribution in [2.24, 2.45) is 0 Å². The third-order valence-electron chi connectivity index (χ3n) is 4.37. The topological polar surface area (TPSA) is 66.9 Å². The van der Waals surface area contributed by atoms with Gasteiger partial charge in [-0.2, -0.15) is 4.31 Å². The molecule has 2 rings (SSSR count). The van der Waals surface area contributed by atoms with E-state index >= 15 is 0 Å². The van der Waals surface area contributed by atoms with Crippen LogP contribution in [0.1, 0.15) is 49.9 Å². The quantitative estimate of drug-likeness (QED) is 0.708. The molecule has 1 aliphatic rings. The van der Waals surface area contributed by atoms with Crippen LogP contribution >= 0.6 is 0 Å². The van der Waals surface area contributed by atoms with E-state index in [9.17, 15) is 13.2 Å². The Morgan fingerprint density at radius 3 is 2.28 bits per heavy atom. The Kier molecular flexibility index (Phi) is 6.84. The Hall–Kier alpha value is -1.60. The molecule has 0 N–H and O–H groups in total. The van der Waals surface area contributed by atoms with Gasteiger partial charge >= 0.3 is 0 Å². The fourth-order valence-corrected chi connectivity index (χ4v) is 4.81. The molecule has 0 atom stereocenters. The third-order valence-corrected chi connectivity index (χ3v) is 6.29. The zero-order valence-corrected chi connectivity index (χ0v) is 16.1. The minimum Gasteiger partial charge on any atom is -0.495 e. The van der Waals surface area contributed by atoms with Gasteiger partial charge in [0.1, 0.15) is 10.6 Å². The highest BCUT2D eigenvalue weighted by Crippen LogP contribution is 2.30. The van der Waals surface area contributed by atoms with Crippen molar-refractivity contribution in [2.45, 2.75) is 44.4 Å². The number of amides is 1. The molecule has 0 aromatic heterocycles. The van der Waals surface area contributed by atoms with Gasteiger partial charge in [-0.15, -0.1) is 0 Å². The Bertz CT molecular complexity index is 691. The van der Waals surface area contributed by atoms with Gasteiger partial charge in [0.25, 0.3) is 5.91 Å². The zero-order valence-electron chi connectivity index (χ0n) is 15.3. The van der Waals surface area contributed by atoms with Crippen molar-refractivity contribution in [1.29, 1.82) is 0 Å². The van der Waals surface area contributed by atoms with Gasteiger partial charge < -0.3 is 9.64 Å². The van der Waals surface area contributed by atoms with Crippen molar-refractivity contribution >= 4 is 15.9 Å². The van der Waals surface area contributed by atoms with Crippen LogP contribution in [-0.4, -0.2) is 56.8 Å². The first-order valence-electron chi connectivity index (χ1n) is 8.93. The zero-order chi connectivity index (χ0) is 18.4. The highest BCUT2D eigenvalue weighted by Gasteiger charge is 2.31. The Morgan fingerprint density at radius 2 is 1.76 bits per heavy atom. The molecule has 1 fully saturated rings. The molecule has 25 heavy (non-hydrogen) atoms. The van der Waals surface area contributed by atoms with E-state index in [1.165, 1.54) is 17.5 Å². The van der Waals surface area contributed by atoms with E-state index < -0.39 is 10.0 Å². The molecule has 1 heterocycles. The molecule has 0 aliphatic carbocycles. The van der Waals surface area contributed by atoms with E-state index in [2.05, 4.69) is 0 Å². The summed E-state index contributed by atoms with van der Waals surface area (Å²) >= 11 is 0. The molecule has 0 unspecified atom stereocenters. The molecule has 6 nitrogen and oxygen atoms in total. The number of methoxy groups -OCH3 is 1. The van der Waals surface area contributed by atoms with Crippen LogP contribution in [0.3, 0.4) is 0 Å². The highest BCUT2D eigenvalue weighted by molar-refractivity contribution is 7.89. The molecule has 1 amide bonds. The SMILES string of the molecule is CCCN(CCC)C(=O)c1ccc(OC)c(S(=O)(=O)N2CCCC2)c1.